The summed E-state index contributed by atoms with van der Waals surface area (Å²) in [6.07, 6.45) is 2.42. The van der Waals surface area contributed by atoms with E-state index in [2.05, 4.69) is 5.43 Å². The monoisotopic (exact) mass is 681 g/mol. The number of imide groups is 2. The van der Waals surface area contributed by atoms with Gasteiger partial charge >= 0.3 is 0 Å². The number of phenols is 1. The van der Waals surface area contributed by atoms with Crippen LogP contribution < -0.4 is 5.43 Å². The Bertz CT molecular complexity index is 2000. The summed E-state index contributed by atoms with van der Waals surface area (Å²) in [5, 5.41) is 14.1. The van der Waals surface area contributed by atoms with Crippen LogP contribution in [0.5, 0.6) is 5.75 Å². The molecular formula is C37H29ClFN3O5S. The van der Waals surface area contributed by atoms with E-state index in [1.54, 1.807) is 36.4 Å². The summed E-state index contributed by atoms with van der Waals surface area (Å²) >= 11 is 7.80. The topological polar surface area (TPSA) is 107 Å². The van der Waals surface area contributed by atoms with Crippen molar-refractivity contribution in [2.24, 2.45) is 23.7 Å². The number of nitrogens with zero attached hydrogens (tertiary/aromatic N) is 2. The maximum absolute atomic E-state index is 15.1. The van der Waals surface area contributed by atoms with Crippen molar-refractivity contribution in [1.82, 2.24) is 9.91 Å². The minimum Gasteiger partial charge on any atom is -0.508 e. The Labute approximate surface area is 284 Å². The molecule has 8 rings (SSSR count). The van der Waals surface area contributed by atoms with Crippen molar-refractivity contribution in [3.8, 4) is 5.75 Å². The van der Waals surface area contributed by atoms with Crippen molar-refractivity contribution in [3.63, 3.8) is 0 Å². The van der Waals surface area contributed by atoms with Crippen molar-refractivity contribution < 1.29 is 28.7 Å². The van der Waals surface area contributed by atoms with Crippen LogP contribution in [0.25, 0.3) is 0 Å². The third-order valence-electron chi connectivity index (χ3n) is 10.4. The molecule has 242 valence electrons. The van der Waals surface area contributed by atoms with Gasteiger partial charge in [-0.3, -0.25) is 29.5 Å². The molecule has 1 saturated carbocycles. The van der Waals surface area contributed by atoms with Gasteiger partial charge in [0.25, 0.3) is 11.8 Å². The van der Waals surface area contributed by atoms with E-state index in [0.29, 0.717) is 28.3 Å². The molecule has 6 atom stereocenters. The van der Waals surface area contributed by atoms with Crippen molar-refractivity contribution in [2.75, 3.05) is 5.43 Å². The van der Waals surface area contributed by atoms with E-state index in [0.717, 1.165) is 15.5 Å². The summed E-state index contributed by atoms with van der Waals surface area (Å²) < 4.78 is 13.8. The number of fused-ring (bicyclic) bond motifs is 4. The molecule has 3 heterocycles. The predicted molar refractivity (Wildman–Crippen MR) is 177 cm³/mol. The summed E-state index contributed by atoms with van der Waals surface area (Å²) in [6, 6.07) is 22.6. The third-order valence-corrected chi connectivity index (χ3v) is 11.6. The summed E-state index contributed by atoms with van der Waals surface area (Å²) in [5.74, 6) is -5.56. The van der Waals surface area contributed by atoms with E-state index in [4.69, 9.17) is 11.6 Å². The first-order chi connectivity index (χ1) is 23.2. The summed E-state index contributed by atoms with van der Waals surface area (Å²) in [7, 11) is 0. The molecule has 8 nitrogen and oxygen atoms in total. The van der Waals surface area contributed by atoms with Crippen LogP contribution in [-0.2, 0) is 31.1 Å². The van der Waals surface area contributed by atoms with Crippen LogP contribution in [0.1, 0.15) is 34.8 Å². The molecule has 3 fully saturated rings. The molecule has 0 spiro atoms. The van der Waals surface area contributed by atoms with Crippen LogP contribution in [0.15, 0.2) is 102 Å². The molecule has 6 unspecified atom stereocenters. The van der Waals surface area contributed by atoms with E-state index < -0.39 is 52.6 Å². The number of aromatic hydroxyl groups is 1. The van der Waals surface area contributed by atoms with Gasteiger partial charge in [-0.25, -0.2) is 4.39 Å². The highest BCUT2D eigenvalue weighted by molar-refractivity contribution is 7.09. The number of amides is 4. The van der Waals surface area contributed by atoms with Crippen molar-refractivity contribution >= 4 is 52.3 Å². The average molecular weight is 682 g/mol. The summed E-state index contributed by atoms with van der Waals surface area (Å²) in [4.78, 5) is 59.9. The molecule has 3 aromatic carbocycles. The minimum absolute atomic E-state index is 0.0148. The quantitative estimate of drug-likeness (QED) is 0.180. The van der Waals surface area contributed by atoms with Gasteiger partial charge in [0.05, 0.1) is 35.4 Å². The standard InChI is InChI=1S/C37H29ClFN3O5S/c38-22-8-6-21(7-9-22)37-30(34(45)42(36(37)47)40-24-12-10-23(39)11-13-24)18-29-27(32(37)20-3-1-4-25(43)17-20)14-15-28-31(29)35(46)41(33(28)44)19-26-5-2-16-48-26/h1-14,16-17,28-32,40,43H,15,18-19H2. The zero-order valence-corrected chi connectivity index (χ0v) is 27.0. The lowest BCUT2D eigenvalue weighted by atomic mass is 9.49. The minimum atomic E-state index is -1.50. The zero-order chi connectivity index (χ0) is 33.3. The van der Waals surface area contributed by atoms with Crippen molar-refractivity contribution in [2.45, 2.75) is 30.7 Å². The van der Waals surface area contributed by atoms with E-state index in [1.807, 2.05) is 29.7 Å². The number of hydrazine groups is 1. The van der Waals surface area contributed by atoms with Crippen LogP contribution >= 0.6 is 22.9 Å². The molecule has 4 aliphatic rings. The van der Waals surface area contributed by atoms with Gasteiger partial charge in [0.2, 0.25) is 11.8 Å². The molecule has 2 aliphatic carbocycles. The van der Waals surface area contributed by atoms with Gasteiger partial charge < -0.3 is 5.11 Å². The van der Waals surface area contributed by atoms with Gasteiger partial charge in [0.15, 0.2) is 0 Å². The van der Waals surface area contributed by atoms with Crippen LogP contribution in [0, 0.1) is 29.5 Å². The normalized spacial score (nSPS) is 27.9. The van der Waals surface area contributed by atoms with E-state index in [9.17, 15) is 23.9 Å². The second-order valence-electron chi connectivity index (χ2n) is 12.8. The molecule has 11 heteroatoms. The van der Waals surface area contributed by atoms with Crippen LogP contribution in [-0.4, -0.2) is 38.6 Å². The summed E-state index contributed by atoms with van der Waals surface area (Å²) in [5.41, 5.74) is 3.72. The van der Waals surface area contributed by atoms with Crippen LogP contribution in [0.4, 0.5) is 10.1 Å². The van der Waals surface area contributed by atoms with E-state index in [-0.39, 0.29) is 30.5 Å². The first-order valence-corrected chi connectivity index (χ1v) is 17.0. The number of carbonyl (C=O) groups is 4. The van der Waals surface area contributed by atoms with Crippen molar-refractivity contribution in [3.05, 3.63) is 129 Å². The average Bonchev–Trinajstić information content (AvgIpc) is 3.74. The molecule has 2 saturated heterocycles. The third kappa shape index (κ3) is 4.53. The highest BCUT2D eigenvalue weighted by atomic mass is 35.5. The number of allylic oxidation sites excluding steroid dienone is 2. The lowest BCUT2D eigenvalue weighted by Gasteiger charge is -2.50. The Kier molecular flexibility index (Phi) is 7.26. The van der Waals surface area contributed by atoms with Gasteiger partial charge in [-0.2, -0.15) is 5.01 Å². The fraction of sp³-hybridized carbons (Fsp3) is 0.243. The molecule has 2 aliphatic heterocycles. The Morgan fingerprint density at radius 1 is 0.917 bits per heavy atom. The van der Waals surface area contributed by atoms with Gasteiger partial charge in [0.1, 0.15) is 11.6 Å². The number of halogens is 2. The highest BCUT2D eigenvalue weighted by Crippen LogP contribution is 2.64. The number of thiophene rings is 1. The number of carbonyl (C=O) groups excluding carboxylic acids is 4. The number of phenolic OH excluding ortho intramolecular Hbond substituents is 1. The summed E-state index contributed by atoms with van der Waals surface area (Å²) in [6.45, 7) is 0.186. The lowest BCUT2D eigenvalue weighted by molar-refractivity contribution is -0.141. The van der Waals surface area contributed by atoms with Gasteiger partial charge in [-0.1, -0.05) is 53.6 Å². The molecule has 4 amide bonds. The smallest absolute Gasteiger partial charge is 0.260 e. The van der Waals surface area contributed by atoms with Gasteiger partial charge in [-0.15, -0.1) is 11.3 Å². The Hall–Kier alpha value is -4.80. The number of hydrogen-bond donors (Lipinski definition) is 2. The van der Waals surface area contributed by atoms with E-state index in [1.165, 1.54) is 46.6 Å². The Morgan fingerprint density at radius 2 is 1.69 bits per heavy atom. The second-order valence-corrected chi connectivity index (χ2v) is 14.3. The molecule has 0 bridgehead atoms. The Morgan fingerprint density at radius 3 is 2.40 bits per heavy atom. The van der Waals surface area contributed by atoms with Crippen LogP contribution in [0.3, 0.4) is 0 Å². The largest absolute Gasteiger partial charge is 0.508 e. The molecule has 48 heavy (non-hydrogen) atoms. The molecule has 0 radical (unpaired) electrons. The fourth-order valence-corrected chi connectivity index (χ4v) is 9.33. The predicted octanol–water partition coefficient (Wildman–Crippen LogP) is 6.43. The molecule has 2 N–H and O–H groups in total. The SMILES string of the molecule is O=C1C2CC=C3C(CC4C(=O)N(Nc5ccc(F)cc5)C(=O)C4(c4ccc(Cl)cc4)C3c3cccc(O)c3)C2C(=O)N1Cc1cccs1. The maximum atomic E-state index is 15.1. The fourth-order valence-electron chi connectivity index (χ4n) is 8.51. The molecule has 1 aromatic heterocycles. The number of benzene rings is 3. The lowest BCUT2D eigenvalue weighted by Crippen LogP contribution is -2.53. The first kappa shape index (κ1) is 30.5. The zero-order valence-electron chi connectivity index (χ0n) is 25.4. The van der Waals surface area contributed by atoms with Gasteiger partial charge in [-0.05, 0) is 89.9 Å². The number of anilines is 1. The van der Waals surface area contributed by atoms with Gasteiger partial charge in [0, 0.05) is 15.8 Å². The number of hydrogen-bond acceptors (Lipinski definition) is 7. The highest BCUT2D eigenvalue weighted by Gasteiger charge is 2.70. The molecule has 4 aromatic rings. The van der Waals surface area contributed by atoms with E-state index >= 15 is 4.79 Å². The number of likely N-dealkylation sites (tertiary alicyclic amines) is 1. The first-order valence-electron chi connectivity index (χ1n) is 15.7. The van der Waals surface area contributed by atoms with Crippen LogP contribution in [0.2, 0.25) is 5.02 Å². The number of nitrogens with one attached hydrogen (secondary N) is 1. The molecular weight excluding hydrogens is 653 g/mol. The Balaban J connectivity index is 1.30. The number of rotatable bonds is 6. The maximum Gasteiger partial charge on any atom is 0.260 e. The van der Waals surface area contributed by atoms with Crippen molar-refractivity contribution in [1.29, 1.82) is 0 Å². The second kappa shape index (κ2) is 11.4.